The molecule has 0 saturated carbocycles. The van der Waals surface area contributed by atoms with E-state index in [4.69, 9.17) is 14.7 Å². The molecule has 3 rings (SSSR count). The molecule has 0 aliphatic heterocycles. The number of ether oxygens (including phenoxy) is 2. The Bertz CT molecular complexity index is 1370. The quantitative estimate of drug-likeness (QED) is 0.454. The number of hydrogen-bond acceptors (Lipinski definition) is 7. The minimum Gasteiger partial charge on any atom is -0.495 e. The lowest BCUT2D eigenvalue weighted by Gasteiger charge is -2.19. The molecule has 10 heteroatoms. The van der Waals surface area contributed by atoms with Gasteiger partial charge in [-0.15, -0.1) is 0 Å². The second-order valence-electron chi connectivity index (χ2n) is 7.39. The smallest absolute Gasteiger partial charge is 0.338 e. The fraction of sp³-hybridized carbons (Fsp3) is 0.160. The molecular formula is C25H23N3O6S. The summed E-state index contributed by atoms with van der Waals surface area (Å²) in [6, 6.07) is 21.2. The molecule has 0 atom stereocenters. The topological polar surface area (TPSA) is 126 Å². The van der Waals surface area contributed by atoms with Gasteiger partial charge in [0.15, 0.2) is 6.61 Å². The van der Waals surface area contributed by atoms with Crippen LogP contribution in [0.4, 0.5) is 5.69 Å². The molecule has 0 radical (unpaired) electrons. The van der Waals surface area contributed by atoms with Crippen molar-refractivity contribution >= 4 is 27.6 Å². The first-order chi connectivity index (χ1) is 16.8. The van der Waals surface area contributed by atoms with Gasteiger partial charge in [0.1, 0.15) is 16.7 Å². The third-order valence-electron chi connectivity index (χ3n) is 4.99. The zero-order valence-electron chi connectivity index (χ0n) is 19.1. The van der Waals surface area contributed by atoms with Crippen LogP contribution in [0.25, 0.3) is 0 Å². The van der Waals surface area contributed by atoms with Gasteiger partial charge >= 0.3 is 5.97 Å². The van der Waals surface area contributed by atoms with Gasteiger partial charge < -0.3 is 14.8 Å². The maximum absolute atomic E-state index is 13.2. The Morgan fingerprint density at radius 3 is 2.40 bits per heavy atom. The molecule has 3 aromatic carbocycles. The van der Waals surface area contributed by atoms with Gasteiger partial charge in [-0.3, -0.25) is 4.79 Å². The van der Waals surface area contributed by atoms with E-state index in [2.05, 4.69) is 5.32 Å². The first-order valence-corrected chi connectivity index (χ1v) is 11.8. The summed E-state index contributed by atoms with van der Waals surface area (Å²) in [7, 11) is -1.27. The van der Waals surface area contributed by atoms with E-state index in [0.717, 1.165) is 15.9 Å². The molecule has 0 spiro atoms. The number of esters is 1. The van der Waals surface area contributed by atoms with E-state index in [1.165, 1.54) is 32.4 Å². The molecule has 1 N–H and O–H groups in total. The molecule has 1 amide bonds. The summed E-state index contributed by atoms with van der Waals surface area (Å²) in [4.78, 5) is 24.5. The highest BCUT2D eigenvalue weighted by Gasteiger charge is 2.27. The number of benzene rings is 3. The number of carbonyl (C=O) groups is 2. The van der Waals surface area contributed by atoms with Crippen LogP contribution in [-0.4, -0.2) is 45.4 Å². The Labute approximate surface area is 203 Å². The zero-order chi connectivity index (χ0) is 25.4. The largest absolute Gasteiger partial charge is 0.495 e. The first kappa shape index (κ1) is 25.4. The van der Waals surface area contributed by atoms with Crippen LogP contribution in [0.15, 0.2) is 77.7 Å². The lowest BCUT2D eigenvalue weighted by molar-refractivity contribution is -0.119. The molecule has 0 aliphatic carbocycles. The van der Waals surface area contributed by atoms with Gasteiger partial charge in [0.2, 0.25) is 10.0 Å². The lowest BCUT2D eigenvalue weighted by atomic mass is 10.2. The van der Waals surface area contributed by atoms with Crippen LogP contribution in [0, 0.1) is 11.3 Å². The Hall–Kier alpha value is -4.20. The Kier molecular flexibility index (Phi) is 8.20. The monoisotopic (exact) mass is 493 g/mol. The van der Waals surface area contributed by atoms with Crippen molar-refractivity contribution in [2.45, 2.75) is 11.4 Å². The summed E-state index contributed by atoms with van der Waals surface area (Å²) < 4.78 is 37.9. The van der Waals surface area contributed by atoms with Gasteiger partial charge in [-0.2, -0.15) is 9.57 Å². The van der Waals surface area contributed by atoms with E-state index < -0.39 is 28.5 Å². The second-order valence-corrected chi connectivity index (χ2v) is 9.41. The van der Waals surface area contributed by atoms with E-state index in [-0.39, 0.29) is 34.0 Å². The van der Waals surface area contributed by atoms with Crippen LogP contribution in [0.1, 0.15) is 21.5 Å². The van der Waals surface area contributed by atoms with E-state index in [0.29, 0.717) is 0 Å². The number of nitrogens with one attached hydrogen (secondary N) is 1. The zero-order valence-corrected chi connectivity index (χ0v) is 19.9. The summed E-state index contributed by atoms with van der Waals surface area (Å²) in [6.45, 7) is -0.508. The molecule has 35 heavy (non-hydrogen) atoms. The highest BCUT2D eigenvalue weighted by Crippen LogP contribution is 2.28. The van der Waals surface area contributed by atoms with Gasteiger partial charge in [-0.1, -0.05) is 42.5 Å². The fourth-order valence-electron chi connectivity index (χ4n) is 3.19. The predicted molar refractivity (Wildman–Crippen MR) is 128 cm³/mol. The van der Waals surface area contributed by atoms with Crippen molar-refractivity contribution in [2.75, 3.05) is 26.1 Å². The number of carbonyl (C=O) groups excluding carboxylic acids is 2. The van der Waals surface area contributed by atoms with Crippen LogP contribution in [0.3, 0.4) is 0 Å². The summed E-state index contributed by atoms with van der Waals surface area (Å²) >= 11 is 0. The fourth-order valence-corrected chi connectivity index (χ4v) is 4.53. The number of amides is 1. The maximum atomic E-state index is 13.2. The Morgan fingerprint density at radius 1 is 1.03 bits per heavy atom. The van der Waals surface area contributed by atoms with Crippen molar-refractivity contribution < 1.29 is 27.5 Å². The van der Waals surface area contributed by atoms with E-state index in [9.17, 15) is 18.0 Å². The van der Waals surface area contributed by atoms with E-state index >= 15 is 0 Å². The SMILES string of the molecule is COc1ccc(C(=O)OCC(=O)Nc2ccccc2C#N)cc1S(=O)(=O)N(C)Cc1ccccc1. The standard InChI is InChI=1S/C25H23N3O6S/c1-28(16-18-8-4-3-5-9-18)35(31,32)23-14-19(12-13-22(23)33-2)25(30)34-17-24(29)27-21-11-7-6-10-20(21)15-26/h3-14H,16-17H2,1-2H3,(H,27,29). The van der Waals surface area contributed by atoms with Crippen molar-refractivity contribution in [3.8, 4) is 11.8 Å². The summed E-state index contributed by atoms with van der Waals surface area (Å²) in [5.74, 6) is -1.48. The first-order valence-electron chi connectivity index (χ1n) is 10.4. The Balaban J connectivity index is 1.74. The molecule has 0 saturated heterocycles. The molecule has 180 valence electrons. The van der Waals surface area contributed by atoms with Crippen molar-refractivity contribution in [1.29, 1.82) is 5.26 Å². The predicted octanol–water partition coefficient (Wildman–Crippen LogP) is 3.18. The summed E-state index contributed by atoms with van der Waals surface area (Å²) in [6.07, 6.45) is 0. The average molecular weight is 494 g/mol. The number of nitrogens with zero attached hydrogens (tertiary/aromatic N) is 2. The summed E-state index contributed by atoms with van der Waals surface area (Å²) in [5, 5.41) is 11.6. The number of sulfonamides is 1. The molecule has 3 aromatic rings. The van der Waals surface area contributed by atoms with Crippen LogP contribution < -0.4 is 10.1 Å². The normalized spacial score (nSPS) is 10.9. The van der Waals surface area contributed by atoms with E-state index in [1.54, 1.807) is 30.3 Å². The van der Waals surface area contributed by atoms with Gasteiger partial charge in [0, 0.05) is 13.6 Å². The second kappa shape index (κ2) is 11.3. The molecular weight excluding hydrogens is 470 g/mol. The summed E-state index contributed by atoms with van der Waals surface area (Å²) in [5.41, 5.74) is 1.27. The van der Waals surface area contributed by atoms with Gasteiger partial charge in [0.05, 0.1) is 23.9 Å². The highest BCUT2D eigenvalue weighted by atomic mass is 32.2. The highest BCUT2D eigenvalue weighted by molar-refractivity contribution is 7.89. The van der Waals surface area contributed by atoms with Crippen LogP contribution in [-0.2, 0) is 26.1 Å². The van der Waals surface area contributed by atoms with Gasteiger partial charge in [0.25, 0.3) is 5.91 Å². The number of hydrogen-bond donors (Lipinski definition) is 1. The van der Waals surface area contributed by atoms with Crippen molar-refractivity contribution in [3.05, 3.63) is 89.5 Å². The molecule has 9 nitrogen and oxygen atoms in total. The molecule has 0 aliphatic rings. The van der Waals surface area contributed by atoms with Crippen molar-refractivity contribution in [2.24, 2.45) is 0 Å². The minimum atomic E-state index is -4.02. The number of methoxy groups -OCH3 is 1. The third kappa shape index (κ3) is 6.23. The molecule has 0 heterocycles. The minimum absolute atomic E-state index is 0.0623. The molecule has 0 fully saturated rings. The van der Waals surface area contributed by atoms with E-state index in [1.807, 2.05) is 24.3 Å². The van der Waals surface area contributed by atoms with Crippen molar-refractivity contribution in [1.82, 2.24) is 4.31 Å². The van der Waals surface area contributed by atoms with Gasteiger partial charge in [-0.05, 0) is 35.9 Å². The Morgan fingerprint density at radius 2 is 1.71 bits per heavy atom. The number of rotatable bonds is 9. The average Bonchev–Trinajstić information content (AvgIpc) is 2.87. The maximum Gasteiger partial charge on any atom is 0.338 e. The van der Waals surface area contributed by atoms with Crippen LogP contribution in [0.5, 0.6) is 5.75 Å². The number of para-hydroxylation sites is 1. The molecule has 0 aromatic heterocycles. The molecule has 0 bridgehead atoms. The van der Waals surface area contributed by atoms with Crippen LogP contribution >= 0.6 is 0 Å². The van der Waals surface area contributed by atoms with Crippen molar-refractivity contribution in [3.63, 3.8) is 0 Å². The third-order valence-corrected chi connectivity index (χ3v) is 6.82. The number of anilines is 1. The lowest BCUT2D eigenvalue weighted by Crippen LogP contribution is -2.27. The molecule has 0 unspecified atom stereocenters. The van der Waals surface area contributed by atoms with Gasteiger partial charge in [-0.25, -0.2) is 13.2 Å². The van der Waals surface area contributed by atoms with Crippen LogP contribution in [0.2, 0.25) is 0 Å². The number of nitriles is 1.